The number of hydrogen-bond acceptors (Lipinski definition) is 1. The molecule has 0 aliphatic heterocycles. The number of benzene rings is 7. The van der Waals surface area contributed by atoms with E-state index in [0.29, 0.717) is 0 Å². The summed E-state index contributed by atoms with van der Waals surface area (Å²) in [4.78, 5) is 0. The highest BCUT2D eigenvalue weighted by molar-refractivity contribution is 6.14. The van der Waals surface area contributed by atoms with Crippen molar-refractivity contribution in [3.8, 4) is 27.9 Å². The van der Waals surface area contributed by atoms with Crippen molar-refractivity contribution < 1.29 is 0 Å². The van der Waals surface area contributed by atoms with Gasteiger partial charge in [0.1, 0.15) is 0 Å². The Morgan fingerprint density at radius 2 is 1.07 bits per heavy atom. The van der Waals surface area contributed by atoms with Gasteiger partial charge in [-0.15, -0.1) is 0 Å². The molecular formula is C41H32N2. The molecule has 0 aliphatic rings. The van der Waals surface area contributed by atoms with Gasteiger partial charge in [0.25, 0.3) is 0 Å². The van der Waals surface area contributed by atoms with Crippen LogP contribution in [0.25, 0.3) is 71.3 Å². The molecule has 0 aliphatic carbocycles. The van der Waals surface area contributed by atoms with Crippen molar-refractivity contribution in [1.82, 2.24) is 4.57 Å². The van der Waals surface area contributed by atoms with E-state index in [-0.39, 0.29) is 0 Å². The lowest BCUT2D eigenvalue weighted by atomic mass is 9.92. The van der Waals surface area contributed by atoms with Gasteiger partial charge in [-0.05, 0) is 69.8 Å². The monoisotopic (exact) mass is 552 g/mol. The molecule has 0 saturated heterocycles. The fourth-order valence-corrected chi connectivity index (χ4v) is 6.70. The smallest absolute Gasteiger partial charge is 0.0541 e. The minimum atomic E-state index is 0.965. The highest BCUT2D eigenvalue weighted by atomic mass is 15.0. The number of para-hydroxylation sites is 1. The summed E-state index contributed by atoms with van der Waals surface area (Å²) in [6, 6.07) is 53.1. The van der Waals surface area contributed by atoms with Crippen LogP contribution in [0.1, 0.15) is 13.3 Å². The van der Waals surface area contributed by atoms with Gasteiger partial charge in [-0.25, -0.2) is 0 Å². The molecule has 0 atom stereocenters. The van der Waals surface area contributed by atoms with E-state index in [4.69, 9.17) is 0 Å². The van der Waals surface area contributed by atoms with E-state index in [1.165, 1.54) is 77.0 Å². The van der Waals surface area contributed by atoms with E-state index < -0.39 is 0 Å². The third kappa shape index (κ3) is 4.18. The molecule has 8 aromatic rings. The van der Waals surface area contributed by atoms with Crippen molar-refractivity contribution in [1.29, 1.82) is 0 Å². The average molecular weight is 553 g/mol. The number of aromatic nitrogens is 1. The Bertz CT molecular complexity index is 2270. The van der Waals surface area contributed by atoms with Gasteiger partial charge < -0.3 is 9.88 Å². The Hall–Kier alpha value is -5.34. The SMILES string of the molecule is CCCNc1ccc(-c2ccc(-n3c4ccccc4c4cc(-c5ccccc5)ccc43)c3ccccc23)c2ccccc12. The number of anilines is 1. The molecule has 0 amide bonds. The van der Waals surface area contributed by atoms with E-state index in [1.807, 2.05) is 0 Å². The van der Waals surface area contributed by atoms with Crippen LogP contribution in [0, 0.1) is 0 Å². The molecule has 0 radical (unpaired) electrons. The molecule has 0 unspecified atom stereocenters. The fraction of sp³-hybridized carbons (Fsp3) is 0.0732. The zero-order valence-corrected chi connectivity index (χ0v) is 24.2. The normalized spacial score (nSPS) is 11.6. The van der Waals surface area contributed by atoms with Gasteiger partial charge in [-0.1, -0.05) is 122 Å². The Labute approximate surface area is 251 Å². The number of rotatable bonds is 6. The summed E-state index contributed by atoms with van der Waals surface area (Å²) in [5, 5.41) is 11.2. The first kappa shape index (κ1) is 25.4. The van der Waals surface area contributed by atoms with Crippen molar-refractivity contribution in [3.05, 3.63) is 146 Å². The van der Waals surface area contributed by atoms with E-state index in [2.05, 4.69) is 162 Å². The first-order chi connectivity index (χ1) is 21.3. The van der Waals surface area contributed by atoms with E-state index in [9.17, 15) is 0 Å². The summed E-state index contributed by atoms with van der Waals surface area (Å²) in [6.45, 7) is 3.17. The quantitative estimate of drug-likeness (QED) is 0.217. The van der Waals surface area contributed by atoms with Crippen LogP contribution in [0.5, 0.6) is 0 Å². The summed E-state index contributed by atoms with van der Waals surface area (Å²) in [7, 11) is 0. The van der Waals surface area contributed by atoms with Crippen molar-refractivity contribution in [2.45, 2.75) is 13.3 Å². The van der Waals surface area contributed by atoms with Crippen LogP contribution in [0.15, 0.2) is 146 Å². The molecule has 206 valence electrons. The zero-order chi connectivity index (χ0) is 28.8. The Kier molecular flexibility index (Phi) is 6.19. The maximum atomic E-state index is 3.63. The lowest BCUT2D eigenvalue weighted by Gasteiger charge is -2.17. The summed E-state index contributed by atoms with van der Waals surface area (Å²) < 4.78 is 2.45. The summed E-state index contributed by atoms with van der Waals surface area (Å²) in [5.41, 5.74) is 9.82. The second-order valence-corrected chi connectivity index (χ2v) is 11.3. The molecular weight excluding hydrogens is 520 g/mol. The first-order valence-electron chi connectivity index (χ1n) is 15.2. The maximum Gasteiger partial charge on any atom is 0.0541 e. The molecule has 0 bridgehead atoms. The molecule has 1 N–H and O–H groups in total. The van der Waals surface area contributed by atoms with Crippen molar-refractivity contribution in [3.63, 3.8) is 0 Å². The molecule has 0 fully saturated rings. The third-order valence-electron chi connectivity index (χ3n) is 8.70. The van der Waals surface area contributed by atoms with E-state index in [0.717, 1.165) is 13.0 Å². The zero-order valence-electron chi connectivity index (χ0n) is 24.2. The molecule has 0 saturated carbocycles. The average Bonchev–Trinajstić information content (AvgIpc) is 3.41. The summed E-state index contributed by atoms with van der Waals surface area (Å²) >= 11 is 0. The Balaban J connectivity index is 1.36. The Morgan fingerprint density at radius 1 is 0.465 bits per heavy atom. The highest BCUT2D eigenvalue weighted by Gasteiger charge is 2.17. The largest absolute Gasteiger partial charge is 0.385 e. The molecule has 1 heterocycles. The predicted molar refractivity (Wildman–Crippen MR) is 185 cm³/mol. The van der Waals surface area contributed by atoms with Crippen molar-refractivity contribution in [2.75, 3.05) is 11.9 Å². The standard InChI is InChI=1S/C41H32N2/c1-2-26-42-38-23-21-32(30-14-6-8-16-34(30)38)33-22-25-40(35-17-9-7-15-31(33)35)43-39-19-11-10-18-36(39)37-27-29(20-24-41(37)43)28-12-4-3-5-13-28/h3-25,27,42H,2,26H2,1H3. The van der Waals surface area contributed by atoms with Crippen molar-refractivity contribution >= 4 is 49.0 Å². The van der Waals surface area contributed by atoms with Gasteiger partial charge in [0.05, 0.1) is 16.7 Å². The number of nitrogens with one attached hydrogen (secondary N) is 1. The second kappa shape index (κ2) is 10.5. The minimum absolute atomic E-state index is 0.965. The van der Waals surface area contributed by atoms with Crippen LogP contribution < -0.4 is 5.32 Å². The third-order valence-corrected chi connectivity index (χ3v) is 8.70. The van der Waals surface area contributed by atoms with Crippen LogP contribution in [0.2, 0.25) is 0 Å². The van der Waals surface area contributed by atoms with Crippen LogP contribution in [-0.4, -0.2) is 11.1 Å². The lowest BCUT2D eigenvalue weighted by Crippen LogP contribution is -2.00. The topological polar surface area (TPSA) is 17.0 Å². The molecule has 43 heavy (non-hydrogen) atoms. The fourth-order valence-electron chi connectivity index (χ4n) is 6.70. The number of nitrogens with zero attached hydrogens (tertiary/aromatic N) is 1. The van der Waals surface area contributed by atoms with Gasteiger partial charge in [-0.3, -0.25) is 0 Å². The molecule has 7 aromatic carbocycles. The van der Waals surface area contributed by atoms with Crippen LogP contribution in [0.3, 0.4) is 0 Å². The van der Waals surface area contributed by atoms with E-state index >= 15 is 0 Å². The first-order valence-corrected chi connectivity index (χ1v) is 15.2. The van der Waals surface area contributed by atoms with Gasteiger partial charge >= 0.3 is 0 Å². The molecule has 2 nitrogen and oxygen atoms in total. The van der Waals surface area contributed by atoms with Gasteiger partial charge in [0.2, 0.25) is 0 Å². The van der Waals surface area contributed by atoms with Gasteiger partial charge in [0.15, 0.2) is 0 Å². The van der Waals surface area contributed by atoms with Gasteiger partial charge in [-0.2, -0.15) is 0 Å². The Morgan fingerprint density at radius 3 is 1.84 bits per heavy atom. The van der Waals surface area contributed by atoms with Gasteiger partial charge in [0, 0.05) is 33.8 Å². The summed E-state index contributed by atoms with van der Waals surface area (Å²) in [5.74, 6) is 0. The van der Waals surface area contributed by atoms with Crippen molar-refractivity contribution in [2.24, 2.45) is 0 Å². The van der Waals surface area contributed by atoms with E-state index in [1.54, 1.807) is 0 Å². The van der Waals surface area contributed by atoms with Crippen LogP contribution >= 0.6 is 0 Å². The molecule has 0 spiro atoms. The highest BCUT2D eigenvalue weighted by Crippen LogP contribution is 2.41. The van der Waals surface area contributed by atoms with Crippen LogP contribution in [-0.2, 0) is 0 Å². The second-order valence-electron chi connectivity index (χ2n) is 11.3. The number of fused-ring (bicyclic) bond motifs is 5. The molecule has 2 heteroatoms. The van der Waals surface area contributed by atoms with Crippen LogP contribution in [0.4, 0.5) is 5.69 Å². The summed E-state index contributed by atoms with van der Waals surface area (Å²) in [6.07, 6.45) is 1.10. The molecule has 1 aromatic heterocycles. The lowest BCUT2D eigenvalue weighted by molar-refractivity contribution is 0.981. The number of hydrogen-bond donors (Lipinski definition) is 1. The predicted octanol–water partition coefficient (Wildman–Crippen LogP) is 11.2. The minimum Gasteiger partial charge on any atom is -0.385 e. The maximum absolute atomic E-state index is 3.63. The molecule has 8 rings (SSSR count).